The maximum Gasteiger partial charge on any atom is 0.137 e. The highest BCUT2D eigenvalue weighted by molar-refractivity contribution is 5.93. The second-order valence-corrected chi connectivity index (χ2v) is 7.15. The van der Waals surface area contributed by atoms with Crippen molar-refractivity contribution in [1.82, 2.24) is 9.38 Å². The molecule has 0 saturated heterocycles. The summed E-state index contributed by atoms with van der Waals surface area (Å²) in [6.45, 7) is 6.59. The molecule has 0 N–H and O–H groups in total. The fourth-order valence-corrected chi connectivity index (χ4v) is 3.82. The fraction of sp³-hybridized carbons (Fsp3) is 0.0385. The molecular formula is C26H21N3. The average Bonchev–Trinajstić information content (AvgIpc) is 3.13. The molecule has 0 fully saturated rings. The Bertz CT molecular complexity index is 1320. The van der Waals surface area contributed by atoms with Crippen LogP contribution in [0.1, 0.15) is 11.1 Å². The van der Waals surface area contributed by atoms with E-state index in [1.807, 2.05) is 42.5 Å². The molecule has 5 rings (SSSR count). The summed E-state index contributed by atoms with van der Waals surface area (Å²) < 4.78 is 2.13. The summed E-state index contributed by atoms with van der Waals surface area (Å²) in [7, 11) is 0. The van der Waals surface area contributed by atoms with Crippen LogP contribution in [0.3, 0.4) is 0 Å². The predicted octanol–water partition coefficient (Wildman–Crippen LogP) is 6.60. The van der Waals surface area contributed by atoms with Gasteiger partial charge in [-0.1, -0.05) is 61.2 Å². The zero-order chi connectivity index (χ0) is 19.8. The standard InChI is InChI=1S/C26H21N3/c1-19-17-25-23(27-26-15-9-10-16-28(25)26)18-24(19)29(22-13-7-4-8-14-22)20(2)21-11-5-3-6-12-21/h3-18H,2H2,1H3. The molecule has 5 aromatic rings. The number of benzene rings is 3. The number of rotatable bonds is 4. The number of anilines is 2. The smallest absolute Gasteiger partial charge is 0.137 e. The molecule has 0 spiro atoms. The lowest BCUT2D eigenvalue weighted by Gasteiger charge is -2.29. The monoisotopic (exact) mass is 375 g/mol. The first kappa shape index (κ1) is 17.3. The Morgan fingerprint density at radius 1 is 0.862 bits per heavy atom. The highest BCUT2D eigenvalue weighted by Gasteiger charge is 2.18. The van der Waals surface area contributed by atoms with Crippen LogP contribution in [0.4, 0.5) is 11.4 Å². The number of hydrogen-bond donors (Lipinski definition) is 0. The predicted molar refractivity (Wildman–Crippen MR) is 121 cm³/mol. The highest BCUT2D eigenvalue weighted by Crippen LogP contribution is 2.37. The van der Waals surface area contributed by atoms with Crippen LogP contribution < -0.4 is 4.90 Å². The van der Waals surface area contributed by atoms with Crippen molar-refractivity contribution in [2.24, 2.45) is 0 Å². The van der Waals surface area contributed by atoms with Crippen LogP contribution in [0, 0.1) is 6.92 Å². The normalized spacial score (nSPS) is 11.1. The summed E-state index contributed by atoms with van der Waals surface area (Å²) in [5.74, 6) is 0. The minimum absolute atomic E-state index is 0.933. The van der Waals surface area contributed by atoms with Gasteiger partial charge in [0.15, 0.2) is 0 Å². The van der Waals surface area contributed by atoms with Crippen molar-refractivity contribution in [3.05, 3.63) is 115 Å². The molecule has 3 heteroatoms. The molecule has 0 aliphatic carbocycles. The number of aromatic nitrogens is 2. The second-order valence-electron chi connectivity index (χ2n) is 7.15. The molecule has 3 nitrogen and oxygen atoms in total. The Kier molecular flexibility index (Phi) is 4.14. The second kappa shape index (κ2) is 6.95. The fourth-order valence-electron chi connectivity index (χ4n) is 3.82. The Morgan fingerprint density at radius 2 is 1.55 bits per heavy atom. The van der Waals surface area contributed by atoms with Gasteiger partial charge >= 0.3 is 0 Å². The number of nitrogens with zero attached hydrogens (tertiary/aromatic N) is 3. The van der Waals surface area contributed by atoms with Gasteiger partial charge in [0, 0.05) is 17.6 Å². The van der Waals surface area contributed by atoms with Crippen LogP contribution in [0.15, 0.2) is 104 Å². The SMILES string of the molecule is C=C(c1ccccc1)N(c1ccccc1)c1cc2nc3ccccn3c2cc1C. The van der Waals surface area contributed by atoms with Gasteiger partial charge < -0.3 is 4.90 Å². The number of fused-ring (bicyclic) bond motifs is 3. The van der Waals surface area contributed by atoms with Crippen LogP contribution in [0.25, 0.3) is 22.4 Å². The van der Waals surface area contributed by atoms with Crippen LogP contribution in [-0.2, 0) is 0 Å². The lowest BCUT2D eigenvalue weighted by atomic mass is 10.1. The third kappa shape index (κ3) is 2.97. The van der Waals surface area contributed by atoms with Crippen molar-refractivity contribution < 1.29 is 0 Å². The molecule has 0 saturated carbocycles. The number of hydrogen-bond acceptors (Lipinski definition) is 2. The van der Waals surface area contributed by atoms with E-state index in [1.165, 1.54) is 5.56 Å². The highest BCUT2D eigenvalue weighted by atomic mass is 15.2. The van der Waals surface area contributed by atoms with E-state index >= 15 is 0 Å². The third-order valence-electron chi connectivity index (χ3n) is 5.26. The molecular weight excluding hydrogens is 354 g/mol. The van der Waals surface area contributed by atoms with Gasteiger partial charge in [-0.15, -0.1) is 0 Å². The van der Waals surface area contributed by atoms with E-state index in [-0.39, 0.29) is 0 Å². The summed E-state index contributed by atoms with van der Waals surface area (Å²) in [6.07, 6.45) is 2.06. The van der Waals surface area contributed by atoms with E-state index in [1.54, 1.807) is 0 Å². The van der Waals surface area contributed by atoms with Crippen molar-refractivity contribution in [2.75, 3.05) is 4.90 Å². The van der Waals surface area contributed by atoms with Gasteiger partial charge in [-0.2, -0.15) is 0 Å². The minimum Gasteiger partial charge on any atom is -0.310 e. The summed E-state index contributed by atoms with van der Waals surface area (Å²) in [5.41, 5.74) is 8.39. The van der Waals surface area contributed by atoms with Gasteiger partial charge in [-0.25, -0.2) is 4.98 Å². The van der Waals surface area contributed by atoms with Crippen LogP contribution in [-0.4, -0.2) is 9.38 Å². The number of pyridine rings is 1. The van der Waals surface area contributed by atoms with Crippen molar-refractivity contribution >= 4 is 33.8 Å². The summed E-state index contributed by atoms with van der Waals surface area (Å²) in [4.78, 5) is 7.05. The molecule has 140 valence electrons. The van der Waals surface area contributed by atoms with E-state index in [4.69, 9.17) is 4.98 Å². The lowest BCUT2D eigenvalue weighted by molar-refractivity contribution is 1.22. The first-order valence-electron chi connectivity index (χ1n) is 9.69. The first-order chi connectivity index (χ1) is 14.2. The zero-order valence-corrected chi connectivity index (χ0v) is 16.3. The van der Waals surface area contributed by atoms with Crippen molar-refractivity contribution in [3.8, 4) is 0 Å². The largest absolute Gasteiger partial charge is 0.310 e. The number of imidazole rings is 1. The summed E-state index contributed by atoms with van der Waals surface area (Å²) >= 11 is 0. The third-order valence-corrected chi connectivity index (χ3v) is 5.26. The van der Waals surface area contributed by atoms with E-state index in [0.717, 1.165) is 39.3 Å². The molecule has 0 aliphatic rings. The molecule has 2 aromatic heterocycles. The lowest BCUT2D eigenvalue weighted by Crippen LogP contribution is -2.15. The maximum absolute atomic E-state index is 4.83. The molecule has 0 bridgehead atoms. The van der Waals surface area contributed by atoms with Gasteiger partial charge in [0.05, 0.1) is 16.7 Å². The van der Waals surface area contributed by atoms with Gasteiger partial charge in [0.25, 0.3) is 0 Å². The van der Waals surface area contributed by atoms with E-state index in [9.17, 15) is 0 Å². The zero-order valence-electron chi connectivity index (χ0n) is 16.3. The summed E-state index contributed by atoms with van der Waals surface area (Å²) in [5, 5.41) is 0. The molecule has 0 unspecified atom stereocenters. The Hall–Kier alpha value is -3.85. The Morgan fingerprint density at radius 3 is 2.31 bits per heavy atom. The van der Waals surface area contributed by atoms with Crippen LogP contribution >= 0.6 is 0 Å². The molecule has 3 aromatic carbocycles. The molecule has 0 radical (unpaired) electrons. The van der Waals surface area contributed by atoms with Crippen molar-refractivity contribution in [1.29, 1.82) is 0 Å². The van der Waals surface area contributed by atoms with E-state index in [0.29, 0.717) is 0 Å². The van der Waals surface area contributed by atoms with Crippen LogP contribution in [0.2, 0.25) is 0 Å². The Labute approximate surface area is 170 Å². The van der Waals surface area contributed by atoms with Crippen LogP contribution in [0.5, 0.6) is 0 Å². The van der Waals surface area contributed by atoms with E-state index < -0.39 is 0 Å². The topological polar surface area (TPSA) is 20.5 Å². The molecule has 0 atom stereocenters. The van der Waals surface area contributed by atoms with Gasteiger partial charge in [-0.05, 0) is 54.4 Å². The molecule has 2 heterocycles. The van der Waals surface area contributed by atoms with Gasteiger partial charge in [-0.3, -0.25) is 4.40 Å². The molecule has 0 aliphatic heterocycles. The quantitative estimate of drug-likeness (QED) is 0.352. The minimum atomic E-state index is 0.933. The van der Waals surface area contributed by atoms with Gasteiger partial charge in [0.2, 0.25) is 0 Å². The Balaban J connectivity index is 1.73. The van der Waals surface area contributed by atoms with Crippen molar-refractivity contribution in [2.45, 2.75) is 6.92 Å². The maximum atomic E-state index is 4.83. The van der Waals surface area contributed by atoms with Crippen molar-refractivity contribution in [3.63, 3.8) is 0 Å². The van der Waals surface area contributed by atoms with Gasteiger partial charge in [0.1, 0.15) is 5.65 Å². The number of para-hydroxylation sites is 1. The average molecular weight is 375 g/mol. The van der Waals surface area contributed by atoms with E-state index in [2.05, 4.69) is 77.5 Å². The first-order valence-corrected chi connectivity index (χ1v) is 9.69. The summed E-state index contributed by atoms with van der Waals surface area (Å²) in [6, 6.07) is 31.1. The molecule has 29 heavy (non-hydrogen) atoms. The molecule has 0 amide bonds. The number of aryl methyl sites for hydroxylation is 1.